The quantitative estimate of drug-likeness (QED) is 0.841. The lowest BCUT2D eigenvalue weighted by Gasteiger charge is -2.39. The van der Waals surface area contributed by atoms with E-state index in [2.05, 4.69) is 9.88 Å². The van der Waals surface area contributed by atoms with Crippen LogP contribution in [-0.4, -0.2) is 40.2 Å². The molecule has 0 unspecified atom stereocenters. The smallest absolute Gasteiger partial charge is 0.107 e. The van der Waals surface area contributed by atoms with Crippen LogP contribution in [0.15, 0.2) is 24.4 Å². The van der Waals surface area contributed by atoms with Crippen molar-refractivity contribution in [1.29, 1.82) is 0 Å². The van der Waals surface area contributed by atoms with Crippen molar-refractivity contribution in [1.82, 2.24) is 9.88 Å². The summed E-state index contributed by atoms with van der Waals surface area (Å²) in [6, 6.07) is 6.72. The number of aromatic nitrogens is 1. The molecule has 1 aliphatic carbocycles. The fraction of sp³-hybridized carbons (Fsp3) is 0.667. The molecule has 104 valence electrons. The average Bonchev–Trinajstić information content (AvgIpc) is 2.87. The van der Waals surface area contributed by atoms with Gasteiger partial charge in [0.1, 0.15) is 5.60 Å². The third-order valence-electron chi connectivity index (χ3n) is 4.70. The summed E-state index contributed by atoms with van der Waals surface area (Å²) in [5.41, 5.74) is 6.08. The normalized spacial score (nSPS) is 36.5. The van der Waals surface area contributed by atoms with Crippen LogP contribution in [0, 0.1) is 0 Å². The van der Waals surface area contributed by atoms with Crippen molar-refractivity contribution in [3.63, 3.8) is 0 Å². The van der Waals surface area contributed by atoms with Crippen molar-refractivity contribution in [3.8, 4) is 0 Å². The molecule has 4 nitrogen and oxygen atoms in total. The Hall–Kier alpha value is -0.970. The topological polar surface area (TPSA) is 62.4 Å². The van der Waals surface area contributed by atoms with Gasteiger partial charge in [0.05, 0.1) is 5.69 Å². The molecule has 1 aromatic rings. The Morgan fingerprint density at radius 2 is 2.05 bits per heavy atom. The van der Waals surface area contributed by atoms with Gasteiger partial charge in [0.15, 0.2) is 0 Å². The third kappa shape index (κ3) is 2.66. The zero-order chi connectivity index (χ0) is 13.3. The van der Waals surface area contributed by atoms with E-state index in [1.165, 1.54) is 0 Å². The van der Waals surface area contributed by atoms with Crippen LogP contribution >= 0.6 is 0 Å². The summed E-state index contributed by atoms with van der Waals surface area (Å²) in [5.74, 6) is 0. The van der Waals surface area contributed by atoms with Gasteiger partial charge in [-0.2, -0.15) is 0 Å². The van der Waals surface area contributed by atoms with Crippen LogP contribution in [0.25, 0.3) is 0 Å². The summed E-state index contributed by atoms with van der Waals surface area (Å²) in [7, 11) is 0. The SMILES string of the molecule is N[C@@H]1CCN(C2CCC(O)(c3ccccn3)CC2)C1. The molecular formula is C15H23N3O. The van der Waals surface area contributed by atoms with Crippen molar-refractivity contribution in [2.75, 3.05) is 13.1 Å². The molecular weight excluding hydrogens is 238 g/mol. The molecule has 3 rings (SSSR count). The van der Waals surface area contributed by atoms with E-state index in [1.807, 2.05) is 18.2 Å². The summed E-state index contributed by atoms with van der Waals surface area (Å²) < 4.78 is 0. The first-order valence-electron chi connectivity index (χ1n) is 7.31. The van der Waals surface area contributed by atoms with Gasteiger partial charge in [-0.15, -0.1) is 0 Å². The Balaban J connectivity index is 1.63. The molecule has 19 heavy (non-hydrogen) atoms. The van der Waals surface area contributed by atoms with Gasteiger partial charge in [-0.25, -0.2) is 0 Å². The highest BCUT2D eigenvalue weighted by atomic mass is 16.3. The monoisotopic (exact) mass is 261 g/mol. The predicted molar refractivity (Wildman–Crippen MR) is 74.6 cm³/mol. The van der Waals surface area contributed by atoms with Gasteiger partial charge in [-0.1, -0.05) is 6.07 Å². The Kier molecular flexibility index (Phi) is 3.56. The minimum atomic E-state index is -0.723. The second kappa shape index (κ2) is 5.19. The van der Waals surface area contributed by atoms with Crippen molar-refractivity contribution in [2.24, 2.45) is 5.73 Å². The Morgan fingerprint density at radius 3 is 2.63 bits per heavy atom. The maximum atomic E-state index is 10.7. The number of pyridine rings is 1. The van der Waals surface area contributed by atoms with Crippen LogP contribution in [0.4, 0.5) is 0 Å². The Morgan fingerprint density at radius 1 is 1.26 bits per heavy atom. The van der Waals surface area contributed by atoms with Crippen LogP contribution in [0.1, 0.15) is 37.8 Å². The third-order valence-corrected chi connectivity index (χ3v) is 4.70. The van der Waals surface area contributed by atoms with Gasteiger partial charge in [-0.3, -0.25) is 9.88 Å². The summed E-state index contributed by atoms with van der Waals surface area (Å²) in [6.07, 6.45) is 6.57. The van der Waals surface area contributed by atoms with Crippen molar-refractivity contribution in [2.45, 2.75) is 49.8 Å². The molecule has 1 atom stereocenters. The largest absolute Gasteiger partial charge is 0.384 e. The molecule has 0 bridgehead atoms. The molecule has 1 saturated heterocycles. The zero-order valence-corrected chi connectivity index (χ0v) is 11.3. The molecule has 2 heterocycles. The van der Waals surface area contributed by atoms with Gasteiger partial charge in [0, 0.05) is 31.4 Å². The first-order chi connectivity index (χ1) is 9.17. The fourth-order valence-corrected chi connectivity index (χ4v) is 3.49. The summed E-state index contributed by atoms with van der Waals surface area (Å²) in [5, 5.41) is 10.7. The van der Waals surface area contributed by atoms with E-state index in [4.69, 9.17) is 5.73 Å². The van der Waals surface area contributed by atoms with E-state index in [9.17, 15) is 5.11 Å². The maximum Gasteiger partial charge on any atom is 0.107 e. The molecule has 0 aromatic carbocycles. The van der Waals surface area contributed by atoms with Crippen molar-refractivity contribution < 1.29 is 5.11 Å². The summed E-state index contributed by atoms with van der Waals surface area (Å²) in [6.45, 7) is 2.14. The number of nitrogens with two attached hydrogens (primary N) is 1. The number of likely N-dealkylation sites (tertiary alicyclic amines) is 1. The van der Waals surface area contributed by atoms with E-state index in [0.717, 1.165) is 50.9 Å². The molecule has 0 spiro atoms. The van der Waals surface area contributed by atoms with Gasteiger partial charge in [-0.05, 0) is 44.2 Å². The first kappa shape index (κ1) is 13.0. The maximum absolute atomic E-state index is 10.7. The Labute approximate surface area is 114 Å². The molecule has 0 amide bonds. The number of nitrogens with zero attached hydrogens (tertiary/aromatic N) is 2. The summed E-state index contributed by atoms with van der Waals surface area (Å²) >= 11 is 0. The van der Waals surface area contributed by atoms with Crippen LogP contribution in [0.5, 0.6) is 0 Å². The van der Waals surface area contributed by atoms with Crippen molar-refractivity contribution in [3.05, 3.63) is 30.1 Å². The second-order valence-corrected chi connectivity index (χ2v) is 6.02. The minimum Gasteiger partial charge on any atom is -0.384 e. The number of rotatable bonds is 2. The predicted octanol–water partition coefficient (Wildman–Crippen LogP) is 1.24. The standard InChI is InChI=1S/C15H23N3O/c16-12-6-10-18(11-12)13-4-7-15(19,8-5-13)14-3-1-2-9-17-14/h1-3,9,12-13,19H,4-8,10-11,16H2/t12-,13?,15?/m1/s1. The molecule has 2 aliphatic rings. The van der Waals surface area contributed by atoms with E-state index >= 15 is 0 Å². The fourth-order valence-electron chi connectivity index (χ4n) is 3.49. The van der Waals surface area contributed by atoms with Crippen LogP contribution in [-0.2, 0) is 5.60 Å². The summed E-state index contributed by atoms with van der Waals surface area (Å²) in [4.78, 5) is 6.83. The molecule has 4 heteroatoms. The highest BCUT2D eigenvalue weighted by Crippen LogP contribution is 2.38. The molecule has 1 aromatic heterocycles. The van der Waals surface area contributed by atoms with E-state index in [-0.39, 0.29) is 0 Å². The second-order valence-electron chi connectivity index (χ2n) is 6.02. The van der Waals surface area contributed by atoms with Crippen LogP contribution in [0.3, 0.4) is 0 Å². The van der Waals surface area contributed by atoms with Gasteiger partial charge in [0.2, 0.25) is 0 Å². The highest BCUT2D eigenvalue weighted by Gasteiger charge is 2.38. The molecule has 1 aliphatic heterocycles. The Bertz CT molecular complexity index is 415. The number of hydrogen-bond acceptors (Lipinski definition) is 4. The van der Waals surface area contributed by atoms with Gasteiger partial charge >= 0.3 is 0 Å². The lowest BCUT2D eigenvalue weighted by Crippen LogP contribution is -2.42. The van der Waals surface area contributed by atoms with Crippen LogP contribution < -0.4 is 5.73 Å². The first-order valence-corrected chi connectivity index (χ1v) is 7.31. The lowest BCUT2D eigenvalue weighted by molar-refractivity contribution is -0.0256. The van der Waals surface area contributed by atoms with Gasteiger partial charge < -0.3 is 10.8 Å². The number of aliphatic hydroxyl groups is 1. The zero-order valence-electron chi connectivity index (χ0n) is 11.3. The van der Waals surface area contributed by atoms with E-state index in [0.29, 0.717) is 12.1 Å². The van der Waals surface area contributed by atoms with E-state index in [1.54, 1.807) is 6.20 Å². The van der Waals surface area contributed by atoms with Crippen LogP contribution in [0.2, 0.25) is 0 Å². The van der Waals surface area contributed by atoms with Crippen molar-refractivity contribution >= 4 is 0 Å². The minimum absolute atomic E-state index is 0.344. The number of hydrogen-bond donors (Lipinski definition) is 2. The van der Waals surface area contributed by atoms with Gasteiger partial charge in [0.25, 0.3) is 0 Å². The van der Waals surface area contributed by atoms with E-state index < -0.39 is 5.60 Å². The highest BCUT2D eigenvalue weighted by molar-refractivity contribution is 5.14. The molecule has 3 N–H and O–H groups in total. The average molecular weight is 261 g/mol. The molecule has 2 fully saturated rings. The molecule has 1 saturated carbocycles. The molecule has 0 radical (unpaired) electrons. The lowest BCUT2D eigenvalue weighted by atomic mass is 9.79.